The van der Waals surface area contributed by atoms with E-state index in [1.54, 1.807) is 0 Å². The molecule has 2 heterocycles. The lowest BCUT2D eigenvalue weighted by molar-refractivity contribution is -0.140. The van der Waals surface area contributed by atoms with Crippen LogP contribution in [0.1, 0.15) is 23.2 Å². The van der Waals surface area contributed by atoms with Gasteiger partial charge in [0.2, 0.25) is 5.91 Å². The standard InChI is InChI=1S/C19H14F4N6O3S/c1-29-13(6-24)15(16(31)28-18(29)32)11(25)5-14(30)27-17-26-12(7-33-17)8-2-3-10(20)9(4-8)19(21,22)23/h2-4,6-7,24-25H,5H2,1H3,(H,26,27,30)(H,28,31,32). The Balaban J connectivity index is 1.78. The number of amides is 1. The summed E-state index contributed by atoms with van der Waals surface area (Å²) in [6.45, 7) is 0. The fourth-order valence-electron chi connectivity index (χ4n) is 2.88. The molecule has 0 saturated heterocycles. The molecule has 0 atom stereocenters. The van der Waals surface area contributed by atoms with Crippen molar-refractivity contribution in [2.45, 2.75) is 12.6 Å². The summed E-state index contributed by atoms with van der Waals surface area (Å²) in [5.74, 6) is -2.19. The molecule has 0 unspecified atom stereocenters. The third-order valence-electron chi connectivity index (χ3n) is 4.46. The predicted octanol–water partition coefficient (Wildman–Crippen LogP) is 2.75. The number of anilines is 1. The highest BCUT2D eigenvalue weighted by Crippen LogP contribution is 2.35. The number of hydrogen-bond donors (Lipinski definition) is 4. The topological polar surface area (TPSA) is 145 Å². The van der Waals surface area contributed by atoms with Crippen molar-refractivity contribution in [1.29, 1.82) is 10.8 Å². The van der Waals surface area contributed by atoms with E-state index in [2.05, 4.69) is 10.3 Å². The van der Waals surface area contributed by atoms with E-state index in [9.17, 15) is 31.9 Å². The van der Waals surface area contributed by atoms with Gasteiger partial charge in [0.1, 0.15) is 5.82 Å². The van der Waals surface area contributed by atoms with Crippen molar-refractivity contribution < 1.29 is 22.4 Å². The Hall–Kier alpha value is -3.94. The second kappa shape index (κ2) is 8.90. The molecule has 3 rings (SSSR count). The molecule has 3 aromatic rings. The molecular weight excluding hydrogens is 468 g/mol. The highest BCUT2D eigenvalue weighted by atomic mass is 32.1. The maximum Gasteiger partial charge on any atom is 0.419 e. The molecule has 0 spiro atoms. The summed E-state index contributed by atoms with van der Waals surface area (Å²) >= 11 is 0.890. The minimum absolute atomic E-state index is 0.00216. The highest BCUT2D eigenvalue weighted by molar-refractivity contribution is 7.14. The quantitative estimate of drug-likeness (QED) is 0.316. The van der Waals surface area contributed by atoms with Gasteiger partial charge in [-0.3, -0.25) is 19.1 Å². The number of hydrogen-bond acceptors (Lipinski definition) is 7. The molecule has 0 aliphatic heterocycles. The predicted molar refractivity (Wildman–Crippen MR) is 113 cm³/mol. The summed E-state index contributed by atoms with van der Waals surface area (Å²) in [5, 5.41) is 19.2. The van der Waals surface area contributed by atoms with Gasteiger partial charge in [-0.1, -0.05) is 0 Å². The van der Waals surface area contributed by atoms with Gasteiger partial charge >= 0.3 is 11.9 Å². The first-order valence-electron chi connectivity index (χ1n) is 8.96. The highest BCUT2D eigenvalue weighted by Gasteiger charge is 2.34. The van der Waals surface area contributed by atoms with Crippen LogP contribution in [0.4, 0.5) is 22.7 Å². The van der Waals surface area contributed by atoms with Crippen LogP contribution in [0.5, 0.6) is 0 Å². The van der Waals surface area contributed by atoms with Crippen LogP contribution in [0, 0.1) is 16.6 Å². The van der Waals surface area contributed by atoms with Crippen molar-refractivity contribution >= 4 is 34.3 Å². The zero-order chi connectivity index (χ0) is 24.5. The number of nitrogens with one attached hydrogen (secondary N) is 4. The zero-order valence-electron chi connectivity index (χ0n) is 16.6. The first-order chi connectivity index (χ1) is 15.4. The summed E-state index contributed by atoms with van der Waals surface area (Å²) in [6.07, 6.45) is -4.78. The molecule has 33 heavy (non-hydrogen) atoms. The van der Waals surface area contributed by atoms with Crippen molar-refractivity contribution in [3.05, 3.63) is 67.1 Å². The SMILES string of the molecule is Cn1c(C=N)c(C(=N)CC(=O)Nc2nc(-c3ccc(F)c(C(F)(F)F)c3)cs2)c(=O)[nH]c1=O. The number of aromatic nitrogens is 3. The molecule has 0 bridgehead atoms. The Bertz CT molecular complexity index is 1390. The van der Waals surface area contributed by atoms with Crippen LogP contribution in [0.15, 0.2) is 33.2 Å². The molecular formula is C19H14F4N6O3S. The van der Waals surface area contributed by atoms with E-state index in [0.717, 1.165) is 22.0 Å². The number of halogens is 4. The number of rotatable bonds is 6. The van der Waals surface area contributed by atoms with Gasteiger partial charge in [-0.2, -0.15) is 13.2 Å². The van der Waals surface area contributed by atoms with Gasteiger partial charge < -0.3 is 16.1 Å². The molecule has 4 N–H and O–H groups in total. The second-order valence-corrected chi connectivity index (χ2v) is 7.51. The molecule has 14 heteroatoms. The van der Waals surface area contributed by atoms with E-state index in [-0.39, 0.29) is 27.6 Å². The smallest absolute Gasteiger partial charge is 0.307 e. The van der Waals surface area contributed by atoms with Crippen molar-refractivity contribution in [2.75, 3.05) is 5.32 Å². The second-order valence-electron chi connectivity index (χ2n) is 6.66. The van der Waals surface area contributed by atoms with E-state index in [4.69, 9.17) is 10.8 Å². The van der Waals surface area contributed by atoms with Crippen molar-refractivity contribution in [1.82, 2.24) is 14.5 Å². The van der Waals surface area contributed by atoms with Crippen molar-refractivity contribution in [3.8, 4) is 11.3 Å². The van der Waals surface area contributed by atoms with E-state index >= 15 is 0 Å². The maximum atomic E-state index is 13.5. The first kappa shape index (κ1) is 23.7. The molecule has 0 aliphatic rings. The Morgan fingerprint density at radius 3 is 2.67 bits per heavy atom. The fraction of sp³-hybridized carbons (Fsp3) is 0.158. The van der Waals surface area contributed by atoms with Gasteiger partial charge in [-0.15, -0.1) is 11.3 Å². The lowest BCUT2D eigenvalue weighted by Crippen LogP contribution is -2.36. The Morgan fingerprint density at radius 2 is 2.03 bits per heavy atom. The molecule has 1 aromatic carbocycles. The normalized spacial score (nSPS) is 11.3. The summed E-state index contributed by atoms with van der Waals surface area (Å²) in [7, 11) is 1.28. The molecule has 2 aromatic heterocycles. The maximum absolute atomic E-state index is 13.5. The molecule has 1 amide bonds. The van der Waals surface area contributed by atoms with Crippen LogP contribution in [0.3, 0.4) is 0 Å². The van der Waals surface area contributed by atoms with Gasteiger partial charge in [0.05, 0.1) is 34.6 Å². The molecule has 0 radical (unpaired) electrons. The van der Waals surface area contributed by atoms with E-state index in [1.807, 2.05) is 4.98 Å². The Labute approximate surface area is 185 Å². The largest absolute Gasteiger partial charge is 0.419 e. The number of carbonyl (C=O) groups is 1. The third-order valence-corrected chi connectivity index (χ3v) is 5.22. The lowest BCUT2D eigenvalue weighted by atomic mass is 10.1. The zero-order valence-corrected chi connectivity index (χ0v) is 17.4. The molecule has 172 valence electrons. The average molecular weight is 482 g/mol. The summed E-state index contributed by atoms with van der Waals surface area (Å²) in [5.41, 5.74) is -4.06. The van der Waals surface area contributed by atoms with Crippen LogP contribution in [0.25, 0.3) is 11.3 Å². The lowest BCUT2D eigenvalue weighted by Gasteiger charge is -2.10. The number of H-pyrrole nitrogens is 1. The number of nitrogens with zero attached hydrogens (tertiary/aromatic N) is 2. The van der Waals surface area contributed by atoms with E-state index in [1.165, 1.54) is 12.4 Å². The van der Waals surface area contributed by atoms with Gasteiger partial charge in [0.25, 0.3) is 5.56 Å². The van der Waals surface area contributed by atoms with Crippen LogP contribution in [0.2, 0.25) is 0 Å². The van der Waals surface area contributed by atoms with Crippen molar-refractivity contribution in [2.24, 2.45) is 7.05 Å². The van der Waals surface area contributed by atoms with Crippen LogP contribution in [-0.4, -0.2) is 32.4 Å². The fourth-order valence-corrected chi connectivity index (χ4v) is 3.61. The molecule has 0 saturated carbocycles. The van der Waals surface area contributed by atoms with E-state index in [0.29, 0.717) is 18.3 Å². The molecule has 9 nitrogen and oxygen atoms in total. The Kier molecular flexibility index (Phi) is 6.39. The van der Waals surface area contributed by atoms with Gasteiger partial charge in [0.15, 0.2) is 5.13 Å². The first-order valence-corrected chi connectivity index (χ1v) is 9.84. The van der Waals surface area contributed by atoms with Gasteiger partial charge in [-0.25, -0.2) is 14.2 Å². The summed E-state index contributed by atoms with van der Waals surface area (Å²) in [6, 6.07) is 2.39. The monoisotopic (exact) mass is 482 g/mol. The minimum atomic E-state index is -4.89. The number of thiazole rings is 1. The Morgan fingerprint density at radius 1 is 1.33 bits per heavy atom. The number of aromatic amines is 1. The summed E-state index contributed by atoms with van der Waals surface area (Å²) in [4.78, 5) is 42.0. The van der Waals surface area contributed by atoms with Crippen LogP contribution >= 0.6 is 11.3 Å². The van der Waals surface area contributed by atoms with Crippen molar-refractivity contribution in [3.63, 3.8) is 0 Å². The third kappa shape index (κ3) is 4.95. The average Bonchev–Trinajstić information content (AvgIpc) is 3.17. The minimum Gasteiger partial charge on any atom is -0.307 e. The van der Waals surface area contributed by atoms with E-state index < -0.39 is 46.8 Å². The van der Waals surface area contributed by atoms with Crippen LogP contribution in [-0.2, 0) is 18.0 Å². The van der Waals surface area contributed by atoms with Gasteiger partial charge in [-0.05, 0) is 18.2 Å². The molecule has 0 aliphatic carbocycles. The number of carbonyl (C=O) groups excluding carboxylic acids is 1. The summed E-state index contributed by atoms with van der Waals surface area (Å²) < 4.78 is 53.2. The number of benzene rings is 1. The van der Waals surface area contributed by atoms with Crippen LogP contribution < -0.4 is 16.6 Å². The number of alkyl halides is 3. The van der Waals surface area contributed by atoms with Gasteiger partial charge in [0, 0.05) is 24.2 Å². The molecule has 0 fully saturated rings.